The van der Waals surface area contributed by atoms with E-state index in [0.717, 1.165) is 31.4 Å². The van der Waals surface area contributed by atoms with E-state index in [1.807, 2.05) is 0 Å². The van der Waals surface area contributed by atoms with Gasteiger partial charge in [-0.3, -0.25) is 4.79 Å². The molecule has 0 spiro atoms. The smallest absolute Gasteiger partial charge is 0.357 e. The van der Waals surface area contributed by atoms with Gasteiger partial charge in [-0.05, 0) is 18.9 Å². The van der Waals surface area contributed by atoms with Crippen LogP contribution in [-0.2, 0) is 9.53 Å². The van der Waals surface area contributed by atoms with Gasteiger partial charge in [0.2, 0.25) is 5.91 Å². The van der Waals surface area contributed by atoms with Crippen LogP contribution >= 0.6 is 11.3 Å². The van der Waals surface area contributed by atoms with Gasteiger partial charge in [0.15, 0.2) is 5.69 Å². The molecule has 6 nitrogen and oxygen atoms in total. The minimum atomic E-state index is -0.460. The molecule has 1 fully saturated rings. The van der Waals surface area contributed by atoms with Crippen molar-refractivity contribution in [3.05, 3.63) is 29.7 Å². The highest BCUT2D eigenvalue weighted by molar-refractivity contribution is 7.13. The third-order valence-corrected chi connectivity index (χ3v) is 4.64. The van der Waals surface area contributed by atoms with E-state index < -0.39 is 5.97 Å². The molecule has 2 aromatic rings. The molecule has 0 aromatic carbocycles. The first-order valence-electron chi connectivity index (χ1n) is 7.67. The van der Waals surface area contributed by atoms with Crippen LogP contribution in [0.4, 0.5) is 0 Å². The number of rotatable bonds is 5. The molecule has 0 saturated carbocycles. The number of amides is 1. The second kappa shape index (κ2) is 7.41. The zero-order valence-electron chi connectivity index (χ0n) is 12.7. The van der Waals surface area contributed by atoms with Crippen LogP contribution in [0.15, 0.2) is 28.4 Å². The van der Waals surface area contributed by atoms with Crippen LogP contribution in [0.1, 0.15) is 36.2 Å². The minimum absolute atomic E-state index is 0.148. The summed E-state index contributed by atoms with van der Waals surface area (Å²) in [5, 5.41) is 2.38. The second-order valence-electron chi connectivity index (χ2n) is 5.38. The number of thiazole rings is 1. The maximum atomic E-state index is 12.0. The first-order chi connectivity index (χ1) is 11.2. The minimum Gasteiger partial charge on any atom is -0.472 e. The zero-order chi connectivity index (χ0) is 16.1. The molecule has 1 aliphatic rings. The lowest BCUT2D eigenvalue weighted by Gasteiger charge is -2.19. The average molecular weight is 334 g/mol. The number of nitrogens with zero attached hydrogens (tertiary/aromatic N) is 2. The molecule has 0 aliphatic carbocycles. The lowest BCUT2D eigenvalue weighted by molar-refractivity contribution is -0.131. The molecular formula is C16H18N2O4S. The highest BCUT2D eigenvalue weighted by Crippen LogP contribution is 2.24. The molecule has 0 radical (unpaired) electrons. The number of esters is 1. The molecule has 0 bridgehead atoms. The summed E-state index contributed by atoms with van der Waals surface area (Å²) < 4.78 is 10.2. The predicted molar refractivity (Wildman–Crippen MR) is 85.1 cm³/mol. The van der Waals surface area contributed by atoms with Crippen molar-refractivity contribution in [2.24, 2.45) is 0 Å². The summed E-state index contributed by atoms with van der Waals surface area (Å²) in [4.78, 5) is 29.9. The maximum Gasteiger partial charge on any atom is 0.357 e. The first-order valence-corrected chi connectivity index (χ1v) is 8.55. The van der Waals surface area contributed by atoms with Crippen molar-refractivity contribution in [2.45, 2.75) is 25.7 Å². The van der Waals surface area contributed by atoms with Crippen LogP contribution < -0.4 is 0 Å². The van der Waals surface area contributed by atoms with E-state index in [4.69, 9.17) is 9.15 Å². The molecule has 2 aromatic heterocycles. The second-order valence-corrected chi connectivity index (χ2v) is 6.24. The van der Waals surface area contributed by atoms with Crippen LogP contribution in [0.3, 0.4) is 0 Å². The number of likely N-dealkylation sites (tertiary alicyclic amines) is 1. The van der Waals surface area contributed by atoms with Crippen LogP contribution in [0.25, 0.3) is 10.6 Å². The highest BCUT2D eigenvalue weighted by atomic mass is 32.1. The fourth-order valence-corrected chi connectivity index (χ4v) is 3.26. The Morgan fingerprint density at radius 1 is 1.39 bits per heavy atom. The van der Waals surface area contributed by atoms with Crippen LogP contribution in [0, 0.1) is 0 Å². The van der Waals surface area contributed by atoms with Gasteiger partial charge in [-0.2, -0.15) is 0 Å². The van der Waals surface area contributed by atoms with Gasteiger partial charge >= 0.3 is 5.97 Å². The molecule has 1 aliphatic heterocycles. The Labute approximate surface area is 138 Å². The summed E-state index contributed by atoms with van der Waals surface area (Å²) in [5.41, 5.74) is 1.12. The van der Waals surface area contributed by atoms with Gasteiger partial charge in [0.1, 0.15) is 17.9 Å². The van der Waals surface area contributed by atoms with Gasteiger partial charge in [-0.25, -0.2) is 9.78 Å². The van der Waals surface area contributed by atoms with E-state index in [1.165, 1.54) is 11.3 Å². The molecule has 1 saturated heterocycles. The summed E-state index contributed by atoms with van der Waals surface area (Å²) in [6, 6.07) is 1.79. The van der Waals surface area contributed by atoms with E-state index in [0.29, 0.717) is 18.0 Å². The largest absolute Gasteiger partial charge is 0.472 e. The number of carbonyl (C=O) groups is 2. The lowest BCUT2D eigenvalue weighted by Crippen LogP contribution is -2.33. The summed E-state index contributed by atoms with van der Waals surface area (Å²) in [6.07, 6.45) is 6.78. The van der Waals surface area contributed by atoms with Crippen LogP contribution in [0.2, 0.25) is 0 Å². The lowest BCUT2D eigenvalue weighted by atomic mass is 10.2. The molecular weight excluding hydrogens is 316 g/mol. The predicted octanol–water partition coefficient (Wildman–Crippen LogP) is 2.96. The van der Waals surface area contributed by atoms with Gasteiger partial charge in [0.05, 0.1) is 12.8 Å². The Bertz CT molecular complexity index is 665. The van der Waals surface area contributed by atoms with Gasteiger partial charge < -0.3 is 14.1 Å². The topological polar surface area (TPSA) is 72.6 Å². The normalized spacial score (nSPS) is 15.5. The number of aromatic nitrogens is 1. The number of hydrogen-bond donors (Lipinski definition) is 0. The maximum absolute atomic E-state index is 12.0. The summed E-state index contributed by atoms with van der Waals surface area (Å²) >= 11 is 1.36. The average Bonchev–Trinajstić information content (AvgIpc) is 3.19. The van der Waals surface area contributed by atoms with E-state index in [1.54, 1.807) is 28.9 Å². The van der Waals surface area contributed by atoms with Crippen molar-refractivity contribution >= 4 is 23.2 Å². The Kier molecular flexibility index (Phi) is 5.07. The molecule has 0 N–H and O–H groups in total. The molecule has 7 heteroatoms. The van der Waals surface area contributed by atoms with Crippen molar-refractivity contribution in [1.29, 1.82) is 0 Å². The Hall–Kier alpha value is -2.15. The molecule has 23 heavy (non-hydrogen) atoms. The first kappa shape index (κ1) is 15.7. The van der Waals surface area contributed by atoms with Crippen molar-refractivity contribution in [2.75, 3.05) is 19.7 Å². The van der Waals surface area contributed by atoms with E-state index in [9.17, 15) is 9.59 Å². The fourth-order valence-electron chi connectivity index (χ4n) is 2.48. The molecule has 0 atom stereocenters. The quantitative estimate of drug-likeness (QED) is 0.786. The van der Waals surface area contributed by atoms with Gasteiger partial charge in [0, 0.05) is 23.9 Å². The summed E-state index contributed by atoms with van der Waals surface area (Å²) in [5.74, 6) is -0.312. The number of ether oxygens (including phenoxy) is 1. The summed E-state index contributed by atoms with van der Waals surface area (Å²) in [7, 11) is 0. The molecule has 3 heterocycles. The fraction of sp³-hybridized carbons (Fsp3) is 0.438. The van der Waals surface area contributed by atoms with Crippen molar-refractivity contribution in [3.63, 3.8) is 0 Å². The zero-order valence-corrected chi connectivity index (χ0v) is 13.5. The molecule has 1 amide bonds. The monoisotopic (exact) mass is 334 g/mol. The number of furan rings is 1. The summed E-state index contributed by atoms with van der Waals surface area (Å²) in [6.45, 7) is 1.39. The van der Waals surface area contributed by atoms with Crippen LogP contribution in [0.5, 0.6) is 0 Å². The van der Waals surface area contributed by atoms with Gasteiger partial charge in [-0.15, -0.1) is 11.3 Å². The number of carbonyl (C=O) groups excluding carboxylic acids is 2. The molecule has 0 unspecified atom stereocenters. The third-order valence-electron chi connectivity index (χ3n) is 3.75. The molecule has 122 valence electrons. The highest BCUT2D eigenvalue weighted by Gasteiger charge is 2.18. The van der Waals surface area contributed by atoms with Crippen LogP contribution in [-0.4, -0.2) is 41.5 Å². The Morgan fingerprint density at radius 3 is 3.13 bits per heavy atom. The molecule has 3 rings (SSSR count). The third kappa shape index (κ3) is 3.98. The van der Waals surface area contributed by atoms with Gasteiger partial charge in [-0.1, -0.05) is 6.42 Å². The van der Waals surface area contributed by atoms with E-state index >= 15 is 0 Å². The van der Waals surface area contributed by atoms with Crippen molar-refractivity contribution in [1.82, 2.24) is 9.88 Å². The van der Waals surface area contributed by atoms with E-state index in [-0.39, 0.29) is 18.2 Å². The van der Waals surface area contributed by atoms with Crippen molar-refractivity contribution < 1.29 is 18.7 Å². The van der Waals surface area contributed by atoms with Crippen molar-refractivity contribution in [3.8, 4) is 10.6 Å². The van der Waals surface area contributed by atoms with Gasteiger partial charge in [0.25, 0.3) is 0 Å². The Morgan fingerprint density at radius 2 is 2.30 bits per heavy atom. The SMILES string of the molecule is O=C(OCCN1CCCCCC1=O)c1csc(-c2ccoc2)n1. The number of hydrogen-bond acceptors (Lipinski definition) is 6. The van der Waals surface area contributed by atoms with E-state index in [2.05, 4.69) is 4.98 Å². The standard InChI is InChI=1S/C16H18N2O4S/c19-14-4-2-1-3-6-18(14)7-9-22-16(20)13-11-23-15(17-13)12-5-8-21-10-12/h5,8,10-11H,1-4,6-7,9H2. The Balaban J connectivity index is 1.50.